The van der Waals surface area contributed by atoms with Gasteiger partial charge >= 0.3 is 5.97 Å². The normalized spacial score (nSPS) is 13.2. The SMILES string of the molecule is CC(C(=O)O)S(=O)(=O)NCCc1cccc(F)c1. The van der Waals surface area contributed by atoms with Crippen LogP contribution in [0.2, 0.25) is 0 Å². The molecule has 18 heavy (non-hydrogen) atoms. The first-order valence-corrected chi connectivity index (χ1v) is 6.83. The van der Waals surface area contributed by atoms with Gasteiger partial charge in [0.25, 0.3) is 0 Å². The van der Waals surface area contributed by atoms with Crippen molar-refractivity contribution < 1.29 is 22.7 Å². The molecule has 0 aliphatic rings. The number of carbonyl (C=O) groups is 1. The van der Waals surface area contributed by atoms with Gasteiger partial charge in [0.1, 0.15) is 5.82 Å². The van der Waals surface area contributed by atoms with Crippen molar-refractivity contribution >= 4 is 16.0 Å². The number of nitrogens with one attached hydrogen (secondary N) is 1. The zero-order valence-electron chi connectivity index (χ0n) is 9.76. The van der Waals surface area contributed by atoms with Gasteiger partial charge in [0.15, 0.2) is 5.25 Å². The number of carboxylic acid groups (broad SMARTS) is 1. The Morgan fingerprint density at radius 3 is 2.72 bits per heavy atom. The van der Waals surface area contributed by atoms with Crippen molar-refractivity contribution in [3.8, 4) is 0 Å². The first-order chi connectivity index (χ1) is 8.33. The fourth-order valence-electron chi connectivity index (χ4n) is 1.29. The van der Waals surface area contributed by atoms with Crippen molar-refractivity contribution in [2.45, 2.75) is 18.6 Å². The lowest BCUT2D eigenvalue weighted by atomic mass is 10.1. The molecule has 1 aromatic carbocycles. The zero-order valence-corrected chi connectivity index (χ0v) is 10.6. The van der Waals surface area contributed by atoms with Gasteiger partial charge in [0.2, 0.25) is 10.0 Å². The number of hydrogen-bond donors (Lipinski definition) is 2. The third-order valence-electron chi connectivity index (χ3n) is 2.42. The first kappa shape index (κ1) is 14.6. The Kier molecular flexibility index (Phi) is 4.80. The lowest BCUT2D eigenvalue weighted by molar-refractivity contribution is -0.136. The number of aliphatic carboxylic acids is 1. The highest BCUT2D eigenvalue weighted by Crippen LogP contribution is 2.04. The van der Waals surface area contributed by atoms with E-state index >= 15 is 0 Å². The Hall–Kier alpha value is -1.47. The van der Waals surface area contributed by atoms with Crippen molar-refractivity contribution in [1.82, 2.24) is 4.72 Å². The van der Waals surface area contributed by atoms with Crippen LogP contribution < -0.4 is 4.72 Å². The molecule has 1 aromatic rings. The van der Waals surface area contributed by atoms with Crippen molar-refractivity contribution in [1.29, 1.82) is 0 Å². The average molecular weight is 275 g/mol. The van der Waals surface area contributed by atoms with Crippen molar-refractivity contribution in [3.63, 3.8) is 0 Å². The van der Waals surface area contributed by atoms with Crippen LogP contribution in [0.3, 0.4) is 0 Å². The summed E-state index contributed by atoms with van der Waals surface area (Å²) in [7, 11) is -3.88. The quantitative estimate of drug-likeness (QED) is 0.803. The Morgan fingerprint density at radius 1 is 1.50 bits per heavy atom. The molecule has 2 N–H and O–H groups in total. The fraction of sp³-hybridized carbons (Fsp3) is 0.364. The van der Waals surface area contributed by atoms with Crippen molar-refractivity contribution in [3.05, 3.63) is 35.6 Å². The minimum absolute atomic E-state index is 0.0312. The molecule has 5 nitrogen and oxygen atoms in total. The van der Waals surface area contributed by atoms with E-state index in [1.54, 1.807) is 6.07 Å². The molecule has 0 saturated carbocycles. The second-order valence-electron chi connectivity index (χ2n) is 3.80. The van der Waals surface area contributed by atoms with E-state index in [4.69, 9.17) is 5.11 Å². The molecule has 0 radical (unpaired) electrons. The topological polar surface area (TPSA) is 83.5 Å². The maximum atomic E-state index is 12.8. The predicted molar refractivity (Wildman–Crippen MR) is 64.1 cm³/mol. The number of benzene rings is 1. The summed E-state index contributed by atoms with van der Waals surface area (Å²) in [5, 5.41) is 7.09. The van der Waals surface area contributed by atoms with Crippen molar-refractivity contribution in [2.75, 3.05) is 6.54 Å². The summed E-state index contributed by atoms with van der Waals surface area (Å²) in [6.45, 7) is 1.12. The fourth-order valence-corrected chi connectivity index (χ4v) is 2.19. The number of halogens is 1. The highest BCUT2D eigenvalue weighted by Gasteiger charge is 2.26. The van der Waals surface area contributed by atoms with Crippen LogP contribution >= 0.6 is 0 Å². The van der Waals surface area contributed by atoms with Crippen LogP contribution in [0.1, 0.15) is 12.5 Å². The van der Waals surface area contributed by atoms with E-state index in [9.17, 15) is 17.6 Å². The molecule has 0 aromatic heterocycles. The lowest BCUT2D eigenvalue weighted by Crippen LogP contribution is -2.38. The molecule has 0 bridgehead atoms. The van der Waals surface area contributed by atoms with E-state index < -0.39 is 27.1 Å². The van der Waals surface area contributed by atoms with Gasteiger partial charge in [-0.1, -0.05) is 12.1 Å². The van der Waals surface area contributed by atoms with Gasteiger partial charge in [-0.3, -0.25) is 4.79 Å². The lowest BCUT2D eigenvalue weighted by Gasteiger charge is -2.09. The van der Waals surface area contributed by atoms with Crippen LogP contribution in [-0.4, -0.2) is 31.3 Å². The molecule has 1 atom stereocenters. The van der Waals surface area contributed by atoms with Gasteiger partial charge in [-0.05, 0) is 31.0 Å². The van der Waals surface area contributed by atoms with E-state index in [2.05, 4.69) is 4.72 Å². The van der Waals surface area contributed by atoms with E-state index in [1.165, 1.54) is 18.2 Å². The van der Waals surface area contributed by atoms with Crippen LogP contribution in [0.15, 0.2) is 24.3 Å². The Morgan fingerprint density at radius 2 is 2.17 bits per heavy atom. The monoisotopic (exact) mass is 275 g/mol. The molecule has 0 spiro atoms. The van der Waals surface area contributed by atoms with Gasteiger partial charge in [-0.15, -0.1) is 0 Å². The minimum atomic E-state index is -3.88. The van der Waals surface area contributed by atoms with Crippen LogP contribution in [0.5, 0.6) is 0 Å². The molecule has 100 valence electrons. The molecule has 1 rings (SSSR count). The van der Waals surface area contributed by atoms with Gasteiger partial charge in [0, 0.05) is 6.54 Å². The van der Waals surface area contributed by atoms with Gasteiger partial charge < -0.3 is 5.11 Å². The number of carboxylic acids is 1. The molecule has 0 amide bonds. The second kappa shape index (κ2) is 5.92. The summed E-state index contributed by atoms with van der Waals surface area (Å²) in [6.07, 6.45) is 0.295. The summed E-state index contributed by atoms with van der Waals surface area (Å²) in [6, 6.07) is 5.78. The Labute approximate surface area is 105 Å². The van der Waals surface area contributed by atoms with Crippen molar-refractivity contribution in [2.24, 2.45) is 0 Å². The van der Waals surface area contributed by atoms with E-state index in [0.717, 1.165) is 6.92 Å². The number of sulfonamides is 1. The number of hydrogen-bond acceptors (Lipinski definition) is 3. The predicted octanol–water partition coefficient (Wildman–Crippen LogP) is 0.761. The molecular formula is C11H14FNO4S. The minimum Gasteiger partial charge on any atom is -0.480 e. The summed E-state index contributed by atoms with van der Waals surface area (Å²) >= 11 is 0. The third-order valence-corrected chi connectivity index (χ3v) is 4.16. The van der Waals surface area contributed by atoms with Crippen LogP contribution in [0, 0.1) is 5.82 Å². The molecule has 0 saturated heterocycles. The molecule has 0 aliphatic carbocycles. The Bertz CT molecular complexity index is 530. The first-order valence-electron chi connectivity index (χ1n) is 5.28. The standard InChI is InChI=1S/C11H14FNO4S/c1-8(11(14)15)18(16,17)13-6-5-9-3-2-4-10(12)7-9/h2-4,7-8,13H,5-6H2,1H3,(H,14,15). The van der Waals surface area contributed by atoms with Crippen LogP contribution in [0.25, 0.3) is 0 Å². The highest BCUT2D eigenvalue weighted by atomic mass is 32.2. The molecule has 0 heterocycles. The van der Waals surface area contributed by atoms with E-state index in [1.807, 2.05) is 0 Å². The Balaban J connectivity index is 2.54. The van der Waals surface area contributed by atoms with Crippen LogP contribution in [0.4, 0.5) is 4.39 Å². The maximum Gasteiger partial charge on any atom is 0.323 e. The number of rotatable bonds is 6. The van der Waals surface area contributed by atoms with Crippen LogP contribution in [-0.2, 0) is 21.2 Å². The average Bonchev–Trinajstić information content (AvgIpc) is 2.27. The zero-order chi connectivity index (χ0) is 13.8. The largest absolute Gasteiger partial charge is 0.480 e. The molecular weight excluding hydrogens is 261 g/mol. The molecule has 1 unspecified atom stereocenters. The summed E-state index contributed by atoms with van der Waals surface area (Å²) in [5.74, 6) is -1.80. The third kappa shape index (κ3) is 4.08. The smallest absolute Gasteiger partial charge is 0.323 e. The molecule has 0 aliphatic heterocycles. The highest BCUT2D eigenvalue weighted by molar-refractivity contribution is 7.90. The van der Waals surface area contributed by atoms with E-state index in [-0.39, 0.29) is 6.54 Å². The molecule has 7 heteroatoms. The summed E-state index contributed by atoms with van der Waals surface area (Å²) in [4.78, 5) is 10.6. The maximum absolute atomic E-state index is 12.8. The van der Waals surface area contributed by atoms with E-state index in [0.29, 0.717) is 12.0 Å². The van der Waals surface area contributed by atoms with Gasteiger partial charge in [-0.2, -0.15) is 0 Å². The van der Waals surface area contributed by atoms with Gasteiger partial charge in [0.05, 0.1) is 0 Å². The van der Waals surface area contributed by atoms with Gasteiger partial charge in [-0.25, -0.2) is 17.5 Å². The second-order valence-corrected chi connectivity index (χ2v) is 5.89. The molecule has 0 fully saturated rings. The summed E-state index contributed by atoms with van der Waals surface area (Å²) < 4.78 is 37.9. The summed E-state index contributed by atoms with van der Waals surface area (Å²) in [5.41, 5.74) is 0.640.